The average molecular weight is 526 g/mol. The molecule has 3 aliphatic heterocycles. The summed E-state index contributed by atoms with van der Waals surface area (Å²) in [6.07, 6.45) is 0. The molecule has 5 heteroatoms. The van der Waals surface area contributed by atoms with Crippen molar-refractivity contribution in [2.75, 3.05) is 9.80 Å². The average Bonchev–Trinajstić information content (AvgIpc) is 3.03. The second-order valence-electron chi connectivity index (χ2n) is 10.5. The number of hydrogen-bond donors (Lipinski definition) is 0. The highest BCUT2D eigenvalue weighted by Gasteiger charge is 2.47. The molecule has 0 atom stereocenters. The standard InChI is InChI=1S/C36H23BN2O2/c1-3-10-24(11-4-1)38(25-12-5-2-6-13-25)26-20-22-27(23-21-26)39-28-14-7-16-30-34(28)37-35-29(39)15-8-17-31(35)41-33-19-9-18-32(40-30)36(33)37/h1-23H. The van der Waals surface area contributed by atoms with Gasteiger partial charge in [-0.15, -0.1) is 0 Å². The molecule has 0 aliphatic carbocycles. The molecule has 6 aromatic rings. The summed E-state index contributed by atoms with van der Waals surface area (Å²) in [5.74, 6) is 3.55. The van der Waals surface area contributed by atoms with E-state index in [0.717, 1.165) is 62.6 Å². The van der Waals surface area contributed by atoms with Gasteiger partial charge < -0.3 is 19.3 Å². The molecule has 0 saturated carbocycles. The molecule has 192 valence electrons. The quantitative estimate of drug-likeness (QED) is 0.220. The molecule has 0 amide bonds. The fraction of sp³-hybridized carbons (Fsp3) is 0. The summed E-state index contributed by atoms with van der Waals surface area (Å²) < 4.78 is 12.9. The van der Waals surface area contributed by atoms with Crippen LogP contribution in [0.2, 0.25) is 0 Å². The van der Waals surface area contributed by atoms with Gasteiger partial charge in [-0.1, -0.05) is 54.6 Å². The molecule has 0 unspecified atom stereocenters. The first-order valence-electron chi connectivity index (χ1n) is 13.9. The molecule has 0 radical (unpaired) electrons. The number of para-hydroxylation sites is 2. The van der Waals surface area contributed by atoms with Crippen LogP contribution in [0.3, 0.4) is 0 Å². The van der Waals surface area contributed by atoms with Gasteiger partial charge in [-0.05, 0) is 95.9 Å². The molecular formula is C36H23BN2O2. The second-order valence-corrected chi connectivity index (χ2v) is 10.5. The van der Waals surface area contributed by atoms with Crippen LogP contribution in [-0.4, -0.2) is 6.71 Å². The van der Waals surface area contributed by atoms with Crippen molar-refractivity contribution >= 4 is 57.2 Å². The van der Waals surface area contributed by atoms with Crippen LogP contribution < -0.4 is 35.7 Å². The van der Waals surface area contributed by atoms with Crippen molar-refractivity contribution in [2.24, 2.45) is 0 Å². The fourth-order valence-electron chi connectivity index (χ4n) is 6.63. The molecule has 0 N–H and O–H groups in total. The van der Waals surface area contributed by atoms with Crippen molar-refractivity contribution in [1.82, 2.24) is 0 Å². The van der Waals surface area contributed by atoms with E-state index >= 15 is 0 Å². The van der Waals surface area contributed by atoms with Gasteiger partial charge in [-0.25, -0.2) is 0 Å². The summed E-state index contributed by atoms with van der Waals surface area (Å²) in [7, 11) is 0. The minimum atomic E-state index is 0.0725. The lowest BCUT2D eigenvalue weighted by Crippen LogP contribution is -2.61. The first-order chi connectivity index (χ1) is 20.3. The van der Waals surface area contributed by atoms with E-state index in [4.69, 9.17) is 9.47 Å². The Labute approximate surface area is 238 Å². The summed E-state index contributed by atoms with van der Waals surface area (Å²) in [6.45, 7) is 0.0725. The van der Waals surface area contributed by atoms with E-state index in [1.165, 1.54) is 10.9 Å². The molecule has 9 rings (SSSR count). The van der Waals surface area contributed by atoms with Gasteiger partial charge in [0.2, 0.25) is 0 Å². The van der Waals surface area contributed by atoms with Crippen LogP contribution in [0.1, 0.15) is 0 Å². The van der Waals surface area contributed by atoms with Crippen LogP contribution >= 0.6 is 0 Å². The predicted molar refractivity (Wildman–Crippen MR) is 167 cm³/mol. The van der Waals surface area contributed by atoms with E-state index in [1.807, 2.05) is 18.2 Å². The number of rotatable bonds is 4. The molecule has 0 saturated heterocycles. The van der Waals surface area contributed by atoms with Gasteiger partial charge in [-0.3, -0.25) is 0 Å². The third kappa shape index (κ3) is 3.23. The third-order valence-electron chi connectivity index (χ3n) is 8.29. The van der Waals surface area contributed by atoms with Crippen molar-refractivity contribution in [2.45, 2.75) is 0 Å². The van der Waals surface area contributed by atoms with Gasteiger partial charge in [0.15, 0.2) is 0 Å². The van der Waals surface area contributed by atoms with Crippen molar-refractivity contribution < 1.29 is 9.47 Å². The maximum Gasteiger partial charge on any atom is 0.266 e. The van der Waals surface area contributed by atoms with Crippen LogP contribution in [0.25, 0.3) is 0 Å². The van der Waals surface area contributed by atoms with Gasteiger partial charge in [-0.2, -0.15) is 0 Å². The van der Waals surface area contributed by atoms with Gasteiger partial charge in [0, 0.05) is 39.6 Å². The summed E-state index contributed by atoms with van der Waals surface area (Å²) in [5.41, 5.74) is 10.2. The summed E-state index contributed by atoms with van der Waals surface area (Å²) in [5, 5.41) is 0. The molecule has 3 heterocycles. The van der Waals surface area contributed by atoms with Crippen LogP contribution in [0.5, 0.6) is 23.0 Å². The van der Waals surface area contributed by atoms with E-state index in [0.29, 0.717) is 0 Å². The zero-order chi connectivity index (χ0) is 26.9. The molecule has 0 spiro atoms. The Morgan fingerprint density at radius 1 is 0.415 bits per heavy atom. The van der Waals surface area contributed by atoms with Crippen LogP contribution in [0.4, 0.5) is 34.1 Å². The molecular weight excluding hydrogens is 503 g/mol. The molecule has 41 heavy (non-hydrogen) atoms. The van der Waals surface area contributed by atoms with E-state index in [-0.39, 0.29) is 6.71 Å². The Balaban J connectivity index is 1.21. The molecule has 0 bridgehead atoms. The Morgan fingerprint density at radius 3 is 1.37 bits per heavy atom. The lowest BCUT2D eigenvalue weighted by Gasteiger charge is -2.42. The zero-order valence-electron chi connectivity index (χ0n) is 22.1. The second kappa shape index (κ2) is 8.54. The monoisotopic (exact) mass is 526 g/mol. The number of ether oxygens (including phenoxy) is 2. The van der Waals surface area contributed by atoms with E-state index in [1.54, 1.807) is 0 Å². The number of benzene rings is 6. The summed E-state index contributed by atoms with van der Waals surface area (Å²) in [6, 6.07) is 48.6. The SMILES string of the molecule is c1ccc(N(c2ccccc2)c2ccc(N3c4cccc5c4B4c6c(cccc6Oc6cccc3c64)O5)cc2)cc1. The number of nitrogens with zero attached hydrogens (tertiary/aromatic N) is 2. The van der Waals surface area contributed by atoms with Crippen LogP contribution in [-0.2, 0) is 0 Å². The molecule has 4 nitrogen and oxygen atoms in total. The van der Waals surface area contributed by atoms with E-state index in [2.05, 4.69) is 131 Å². The van der Waals surface area contributed by atoms with Gasteiger partial charge in [0.25, 0.3) is 6.71 Å². The molecule has 6 aromatic carbocycles. The summed E-state index contributed by atoms with van der Waals surface area (Å²) >= 11 is 0. The summed E-state index contributed by atoms with van der Waals surface area (Å²) in [4.78, 5) is 4.63. The van der Waals surface area contributed by atoms with Gasteiger partial charge in [0.1, 0.15) is 23.0 Å². The lowest BCUT2D eigenvalue weighted by molar-refractivity contribution is 0.464. The topological polar surface area (TPSA) is 24.9 Å². The highest BCUT2D eigenvalue weighted by molar-refractivity contribution is 7.00. The van der Waals surface area contributed by atoms with Crippen molar-refractivity contribution in [1.29, 1.82) is 0 Å². The largest absolute Gasteiger partial charge is 0.458 e. The Hall–Kier alpha value is -5.42. The lowest BCUT2D eigenvalue weighted by atomic mass is 9.33. The maximum atomic E-state index is 6.47. The number of hydrogen-bond acceptors (Lipinski definition) is 4. The van der Waals surface area contributed by atoms with E-state index < -0.39 is 0 Å². The molecule has 3 aliphatic rings. The minimum absolute atomic E-state index is 0.0725. The number of anilines is 6. The zero-order valence-corrected chi connectivity index (χ0v) is 22.1. The van der Waals surface area contributed by atoms with Crippen molar-refractivity contribution in [3.8, 4) is 23.0 Å². The van der Waals surface area contributed by atoms with Crippen LogP contribution in [0, 0.1) is 0 Å². The van der Waals surface area contributed by atoms with Gasteiger partial charge in [0.05, 0.1) is 0 Å². The predicted octanol–water partition coefficient (Wildman–Crippen LogP) is 7.67. The first kappa shape index (κ1) is 22.4. The minimum Gasteiger partial charge on any atom is -0.458 e. The van der Waals surface area contributed by atoms with Gasteiger partial charge >= 0.3 is 0 Å². The highest BCUT2D eigenvalue weighted by Crippen LogP contribution is 2.45. The Bertz CT molecular complexity index is 1840. The normalized spacial score (nSPS) is 13.2. The highest BCUT2D eigenvalue weighted by atomic mass is 16.5. The first-order valence-corrected chi connectivity index (χ1v) is 13.9. The Kier molecular flexibility index (Phi) is 4.67. The van der Waals surface area contributed by atoms with Crippen molar-refractivity contribution in [3.05, 3.63) is 140 Å². The fourth-order valence-corrected chi connectivity index (χ4v) is 6.63. The Morgan fingerprint density at radius 2 is 0.854 bits per heavy atom. The maximum absolute atomic E-state index is 6.47. The van der Waals surface area contributed by atoms with Crippen molar-refractivity contribution in [3.63, 3.8) is 0 Å². The van der Waals surface area contributed by atoms with Crippen LogP contribution in [0.15, 0.2) is 140 Å². The van der Waals surface area contributed by atoms with E-state index in [9.17, 15) is 0 Å². The smallest absolute Gasteiger partial charge is 0.266 e. The molecule has 0 aromatic heterocycles. The third-order valence-corrected chi connectivity index (χ3v) is 8.29. The molecule has 0 fully saturated rings.